The summed E-state index contributed by atoms with van der Waals surface area (Å²) >= 11 is 0. The van der Waals surface area contributed by atoms with Crippen LogP contribution in [0, 0.1) is 11.8 Å². The number of carbonyl (C=O) groups is 1. The summed E-state index contributed by atoms with van der Waals surface area (Å²) in [5.74, 6) is 0.495. The van der Waals surface area contributed by atoms with Gasteiger partial charge in [-0.1, -0.05) is 12.1 Å². The Labute approximate surface area is 104 Å². The van der Waals surface area contributed by atoms with Gasteiger partial charge >= 0.3 is 5.97 Å². The molecule has 1 atom stereocenters. The van der Waals surface area contributed by atoms with Crippen LogP contribution >= 0.6 is 0 Å². The van der Waals surface area contributed by atoms with Gasteiger partial charge in [0.1, 0.15) is 5.52 Å². The van der Waals surface area contributed by atoms with E-state index in [4.69, 9.17) is 5.11 Å². The number of rotatable bonds is 4. The summed E-state index contributed by atoms with van der Waals surface area (Å²) in [6, 6.07) is 4.97. The van der Waals surface area contributed by atoms with Gasteiger partial charge in [-0.05, 0) is 42.9 Å². The monoisotopic (exact) mass is 245 g/mol. The van der Waals surface area contributed by atoms with Crippen LogP contribution in [0.15, 0.2) is 18.2 Å². The normalized spacial score (nSPS) is 16.9. The Morgan fingerprint density at radius 2 is 2.33 bits per heavy atom. The summed E-state index contributed by atoms with van der Waals surface area (Å²) in [4.78, 5) is 10.9. The summed E-state index contributed by atoms with van der Waals surface area (Å²) in [6.07, 6.45) is 2.63. The number of fused-ring (bicyclic) bond motifs is 1. The van der Waals surface area contributed by atoms with Gasteiger partial charge in [-0.3, -0.25) is 0 Å². The van der Waals surface area contributed by atoms with Crippen molar-refractivity contribution in [3.8, 4) is 0 Å². The predicted molar refractivity (Wildman–Crippen MR) is 66.4 cm³/mol. The lowest BCUT2D eigenvalue weighted by Crippen LogP contribution is -2.10. The van der Waals surface area contributed by atoms with Crippen LogP contribution in [0.4, 0.5) is 0 Å². The highest BCUT2D eigenvalue weighted by atomic mass is 16.4. The quantitative estimate of drug-likeness (QED) is 0.896. The van der Waals surface area contributed by atoms with Crippen molar-refractivity contribution in [2.45, 2.75) is 26.3 Å². The van der Waals surface area contributed by atoms with Crippen LogP contribution in [0.2, 0.25) is 0 Å². The zero-order chi connectivity index (χ0) is 12.7. The van der Waals surface area contributed by atoms with E-state index in [2.05, 4.69) is 17.2 Å². The molecule has 0 spiro atoms. The third-order valence-corrected chi connectivity index (χ3v) is 3.65. The number of aromatic nitrogens is 3. The maximum Gasteiger partial charge on any atom is 0.335 e. The first kappa shape index (κ1) is 11.2. The van der Waals surface area contributed by atoms with Crippen LogP contribution in [0.25, 0.3) is 11.0 Å². The minimum absolute atomic E-state index is 0.254. The zero-order valence-corrected chi connectivity index (χ0v) is 10.2. The van der Waals surface area contributed by atoms with Crippen molar-refractivity contribution in [3.05, 3.63) is 23.8 Å². The second-order valence-electron chi connectivity index (χ2n) is 5.09. The van der Waals surface area contributed by atoms with Crippen molar-refractivity contribution in [2.75, 3.05) is 0 Å². The number of hydrogen-bond donors (Lipinski definition) is 1. The van der Waals surface area contributed by atoms with E-state index >= 15 is 0 Å². The van der Waals surface area contributed by atoms with Crippen molar-refractivity contribution >= 4 is 17.0 Å². The summed E-state index contributed by atoms with van der Waals surface area (Å²) in [5.41, 5.74) is 1.81. The highest BCUT2D eigenvalue weighted by Crippen LogP contribution is 2.37. The van der Waals surface area contributed by atoms with Gasteiger partial charge in [-0.15, -0.1) is 5.10 Å². The third kappa shape index (κ3) is 1.96. The molecule has 1 N–H and O–H groups in total. The Morgan fingerprint density at radius 1 is 1.56 bits per heavy atom. The van der Waals surface area contributed by atoms with Gasteiger partial charge in [0.15, 0.2) is 0 Å². The zero-order valence-electron chi connectivity index (χ0n) is 10.2. The smallest absolute Gasteiger partial charge is 0.335 e. The van der Waals surface area contributed by atoms with E-state index in [0.717, 1.165) is 18.0 Å². The van der Waals surface area contributed by atoms with Crippen LogP contribution in [-0.2, 0) is 6.54 Å². The molecule has 0 aliphatic heterocycles. The van der Waals surface area contributed by atoms with Crippen LogP contribution in [-0.4, -0.2) is 26.1 Å². The number of benzene rings is 1. The van der Waals surface area contributed by atoms with Crippen molar-refractivity contribution in [1.82, 2.24) is 15.0 Å². The molecule has 1 aromatic carbocycles. The lowest BCUT2D eigenvalue weighted by molar-refractivity contribution is 0.0697. The molecule has 18 heavy (non-hydrogen) atoms. The highest BCUT2D eigenvalue weighted by Gasteiger charge is 2.28. The summed E-state index contributed by atoms with van der Waals surface area (Å²) < 4.78 is 1.88. The number of hydrogen-bond acceptors (Lipinski definition) is 3. The van der Waals surface area contributed by atoms with Crippen molar-refractivity contribution < 1.29 is 9.90 Å². The van der Waals surface area contributed by atoms with E-state index in [-0.39, 0.29) is 5.56 Å². The molecule has 5 nitrogen and oxygen atoms in total. The molecule has 0 radical (unpaired) electrons. The Bertz CT molecular complexity index is 601. The van der Waals surface area contributed by atoms with E-state index in [1.807, 2.05) is 4.68 Å². The van der Waals surface area contributed by atoms with Gasteiger partial charge in [-0.2, -0.15) is 0 Å². The SMILES string of the molecule is CC(Cn1nnc2cc(C(=O)O)ccc21)C1CC1. The van der Waals surface area contributed by atoms with Gasteiger partial charge in [0, 0.05) is 6.54 Å². The number of nitrogens with zero attached hydrogens (tertiary/aromatic N) is 3. The Hall–Kier alpha value is -1.91. The fraction of sp³-hybridized carbons (Fsp3) is 0.462. The first-order chi connectivity index (χ1) is 8.65. The van der Waals surface area contributed by atoms with Crippen LogP contribution in [0.3, 0.4) is 0 Å². The van der Waals surface area contributed by atoms with Gasteiger partial charge in [-0.25, -0.2) is 9.48 Å². The summed E-state index contributed by atoms with van der Waals surface area (Å²) in [5, 5.41) is 17.1. The first-order valence-corrected chi connectivity index (χ1v) is 6.21. The molecule has 1 aliphatic rings. The van der Waals surface area contributed by atoms with Crippen LogP contribution in [0.1, 0.15) is 30.1 Å². The standard InChI is InChI=1S/C13H15N3O2/c1-8(9-2-3-9)7-16-12-5-4-10(13(17)18)6-11(12)14-15-16/h4-6,8-9H,2-3,7H2,1H3,(H,17,18). The molecule has 1 saturated carbocycles. The Morgan fingerprint density at radius 3 is 3.00 bits per heavy atom. The van der Waals surface area contributed by atoms with E-state index in [1.54, 1.807) is 18.2 Å². The van der Waals surface area contributed by atoms with E-state index in [9.17, 15) is 4.79 Å². The largest absolute Gasteiger partial charge is 0.478 e. The van der Waals surface area contributed by atoms with Crippen LogP contribution < -0.4 is 0 Å². The molecule has 94 valence electrons. The molecule has 1 aromatic heterocycles. The Balaban J connectivity index is 1.91. The molecule has 0 saturated heterocycles. The maximum absolute atomic E-state index is 10.9. The van der Waals surface area contributed by atoms with Gasteiger partial charge in [0.2, 0.25) is 0 Å². The molecule has 1 heterocycles. The molecule has 5 heteroatoms. The topological polar surface area (TPSA) is 68.0 Å². The van der Waals surface area contributed by atoms with Gasteiger partial charge in [0.05, 0.1) is 11.1 Å². The second kappa shape index (κ2) is 4.08. The molecular formula is C13H15N3O2. The lowest BCUT2D eigenvalue weighted by atomic mass is 10.1. The average Bonchev–Trinajstić information content (AvgIpc) is 3.13. The predicted octanol–water partition coefficient (Wildman–Crippen LogP) is 2.18. The van der Waals surface area contributed by atoms with Crippen molar-refractivity contribution in [2.24, 2.45) is 11.8 Å². The highest BCUT2D eigenvalue weighted by molar-refractivity contribution is 5.92. The van der Waals surface area contributed by atoms with E-state index in [1.165, 1.54) is 12.8 Å². The maximum atomic E-state index is 10.9. The molecule has 1 aliphatic carbocycles. The van der Waals surface area contributed by atoms with Crippen molar-refractivity contribution in [1.29, 1.82) is 0 Å². The van der Waals surface area contributed by atoms with E-state index < -0.39 is 5.97 Å². The number of carboxylic acid groups (broad SMARTS) is 1. The van der Waals surface area contributed by atoms with E-state index in [0.29, 0.717) is 11.4 Å². The molecule has 1 unspecified atom stereocenters. The van der Waals surface area contributed by atoms with Gasteiger partial charge < -0.3 is 5.11 Å². The minimum Gasteiger partial charge on any atom is -0.478 e. The number of carboxylic acids is 1. The second-order valence-corrected chi connectivity index (χ2v) is 5.09. The van der Waals surface area contributed by atoms with Gasteiger partial charge in [0.25, 0.3) is 0 Å². The molecular weight excluding hydrogens is 230 g/mol. The molecule has 2 aromatic rings. The fourth-order valence-electron chi connectivity index (χ4n) is 2.33. The number of aromatic carboxylic acids is 1. The molecule has 3 rings (SSSR count). The molecule has 0 amide bonds. The average molecular weight is 245 g/mol. The minimum atomic E-state index is -0.933. The summed E-state index contributed by atoms with van der Waals surface area (Å²) in [7, 11) is 0. The van der Waals surface area contributed by atoms with Crippen molar-refractivity contribution in [3.63, 3.8) is 0 Å². The Kier molecular flexibility index (Phi) is 2.54. The first-order valence-electron chi connectivity index (χ1n) is 6.21. The summed E-state index contributed by atoms with van der Waals surface area (Å²) in [6.45, 7) is 3.09. The molecule has 1 fully saturated rings. The van der Waals surface area contributed by atoms with Crippen LogP contribution in [0.5, 0.6) is 0 Å². The molecule has 0 bridgehead atoms. The lowest BCUT2D eigenvalue weighted by Gasteiger charge is -2.09. The third-order valence-electron chi connectivity index (χ3n) is 3.65. The fourth-order valence-corrected chi connectivity index (χ4v) is 2.33.